The lowest BCUT2D eigenvalue weighted by molar-refractivity contribution is 0.00429. The van der Waals surface area contributed by atoms with E-state index >= 15 is 0 Å². The molecular weight excluding hydrogens is 466 g/mol. The van der Waals surface area contributed by atoms with Gasteiger partial charge in [-0.2, -0.15) is 0 Å². The van der Waals surface area contributed by atoms with Crippen LogP contribution >= 0.6 is 27.3 Å². The summed E-state index contributed by atoms with van der Waals surface area (Å²) in [7, 11) is 2.13. The first kappa shape index (κ1) is 21.1. The zero-order valence-electron chi connectivity index (χ0n) is 16.7. The van der Waals surface area contributed by atoms with Crippen LogP contribution in [0.25, 0.3) is 0 Å². The van der Waals surface area contributed by atoms with Crippen molar-refractivity contribution in [3.05, 3.63) is 62.3 Å². The second-order valence-corrected chi connectivity index (χ2v) is 10.2. The number of ether oxygens (including phenoxy) is 1. The van der Waals surface area contributed by atoms with Crippen LogP contribution in [-0.2, 0) is 17.6 Å². The number of hydrogen-bond acceptors (Lipinski definition) is 5. The number of halogens is 1. The van der Waals surface area contributed by atoms with Crippen LogP contribution in [0, 0.1) is 0 Å². The summed E-state index contributed by atoms with van der Waals surface area (Å²) in [5.74, 6) is -0.253. The molecule has 1 aliphatic heterocycles. The fourth-order valence-corrected chi connectivity index (χ4v) is 5.06. The molecule has 30 heavy (non-hydrogen) atoms. The number of nitrogens with zero attached hydrogens (tertiary/aromatic N) is 1. The van der Waals surface area contributed by atoms with Crippen LogP contribution in [0.3, 0.4) is 0 Å². The number of anilines is 1. The van der Waals surface area contributed by atoms with Gasteiger partial charge in [0.15, 0.2) is 5.72 Å². The molecule has 8 heteroatoms. The van der Waals surface area contributed by atoms with Gasteiger partial charge >= 0.3 is 6.09 Å². The molecule has 0 saturated heterocycles. The number of hydrogen-bond donors (Lipinski definition) is 2. The lowest BCUT2D eigenvalue weighted by Crippen LogP contribution is -2.50. The van der Waals surface area contributed by atoms with Crippen LogP contribution < -0.4 is 10.6 Å². The minimum atomic E-state index is -1.06. The van der Waals surface area contributed by atoms with Crippen LogP contribution in [-0.4, -0.2) is 42.8 Å². The third kappa shape index (κ3) is 4.94. The number of carbonyl (C=O) groups excluding carboxylic acids is 2. The second kappa shape index (κ2) is 8.91. The first-order valence-electron chi connectivity index (χ1n) is 9.96. The molecule has 0 bridgehead atoms. The van der Waals surface area contributed by atoms with E-state index in [1.807, 2.05) is 30.4 Å². The predicted octanol–water partition coefficient (Wildman–Crippen LogP) is 4.57. The molecule has 0 radical (unpaired) electrons. The molecule has 1 aromatic heterocycles. The van der Waals surface area contributed by atoms with E-state index < -0.39 is 11.8 Å². The molecule has 0 fully saturated rings. The van der Waals surface area contributed by atoms with Crippen molar-refractivity contribution in [3.8, 4) is 0 Å². The van der Waals surface area contributed by atoms with Gasteiger partial charge in [0.2, 0.25) is 0 Å². The van der Waals surface area contributed by atoms with Crippen molar-refractivity contribution in [1.82, 2.24) is 10.2 Å². The van der Waals surface area contributed by atoms with Crippen molar-refractivity contribution >= 4 is 45.0 Å². The van der Waals surface area contributed by atoms with E-state index in [4.69, 9.17) is 4.74 Å². The average molecular weight is 490 g/mol. The number of thiophene rings is 1. The molecule has 1 aliphatic carbocycles. The third-order valence-electron chi connectivity index (χ3n) is 5.47. The molecule has 2 heterocycles. The Balaban J connectivity index is 1.42. The van der Waals surface area contributed by atoms with E-state index in [2.05, 4.69) is 44.6 Å². The van der Waals surface area contributed by atoms with Crippen LogP contribution in [0.15, 0.2) is 46.3 Å². The highest BCUT2D eigenvalue weighted by atomic mass is 79.9. The first-order valence-corrected chi connectivity index (χ1v) is 11.6. The molecule has 158 valence electrons. The summed E-state index contributed by atoms with van der Waals surface area (Å²) in [4.78, 5) is 28.1. The van der Waals surface area contributed by atoms with E-state index in [0.717, 1.165) is 29.7 Å². The zero-order chi connectivity index (χ0) is 21.1. The highest BCUT2D eigenvalue weighted by Crippen LogP contribution is 2.29. The molecule has 0 saturated carbocycles. The molecule has 0 spiro atoms. The number of rotatable bonds is 4. The van der Waals surface area contributed by atoms with E-state index in [0.29, 0.717) is 23.4 Å². The summed E-state index contributed by atoms with van der Waals surface area (Å²) in [6.07, 6.45) is 6.10. The Kier molecular flexibility index (Phi) is 6.26. The molecule has 2 aromatic rings. The van der Waals surface area contributed by atoms with Gasteiger partial charge in [-0.1, -0.05) is 18.2 Å². The van der Waals surface area contributed by atoms with Crippen molar-refractivity contribution in [2.45, 2.75) is 31.4 Å². The van der Waals surface area contributed by atoms with Gasteiger partial charge in [0, 0.05) is 31.6 Å². The van der Waals surface area contributed by atoms with Gasteiger partial charge in [-0.05, 0) is 71.2 Å². The van der Waals surface area contributed by atoms with Gasteiger partial charge < -0.3 is 15.0 Å². The monoisotopic (exact) mass is 489 g/mol. The molecular formula is C22H24BrN3O3S. The summed E-state index contributed by atoms with van der Waals surface area (Å²) in [6.45, 7) is 2.04. The second-order valence-electron chi connectivity index (χ2n) is 7.73. The highest BCUT2D eigenvalue weighted by molar-refractivity contribution is 9.11. The summed E-state index contributed by atoms with van der Waals surface area (Å²) in [5, 5.41) is 5.74. The maximum Gasteiger partial charge on any atom is 0.413 e. The minimum Gasteiger partial charge on any atom is -0.422 e. The summed E-state index contributed by atoms with van der Waals surface area (Å²) in [5.41, 5.74) is 2.22. The van der Waals surface area contributed by atoms with Crippen molar-refractivity contribution in [3.63, 3.8) is 0 Å². The van der Waals surface area contributed by atoms with Crippen molar-refractivity contribution in [2.75, 3.05) is 25.5 Å². The standard InChI is InChI=1S/C22H24BrN3O3S/c1-26-12-8-15-4-5-17(14-16(15)9-13-26)24-21(28)29-22(10-2-3-11-22)25-20(27)18-6-7-19(23)30-18/h2-7,14H,8-13H2,1H3,(H,24,28)(H,25,27). The van der Waals surface area contributed by atoms with Gasteiger partial charge in [0.05, 0.1) is 8.66 Å². The van der Waals surface area contributed by atoms with Crippen molar-refractivity contribution in [2.24, 2.45) is 0 Å². The van der Waals surface area contributed by atoms with Gasteiger partial charge in [0.25, 0.3) is 5.91 Å². The van der Waals surface area contributed by atoms with Crippen LogP contribution in [0.1, 0.15) is 33.6 Å². The molecule has 2 N–H and O–H groups in total. The van der Waals surface area contributed by atoms with Gasteiger partial charge in [-0.3, -0.25) is 10.1 Å². The zero-order valence-corrected chi connectivity index (χ0v) is 19.1. The van der Waals surface area contributed by atoms with Gasteiger partial charge in [0.1, 0.15) is 0 Å². The highest BCUT2D eigenvalue weighted by Gasteiger charge is 2.37. The van der Waals surface area contributed by atoms with Crippen molar-refractivity contribution < 1.29 is 14.3 Å². The van der Waals surface area contributed by atoms with E-state index in [9.17, 15) is 9.59 Å². The normalized spacial score (nSPS) is 17.8. The molecule has 2 aliphatic rings. The topological polar surface area (TPSA) is 70.7 Å². The fraction of sp³-hybridized carbons (Fsp3) is 0.364. The van der Waals surface area contributed by atoms with E-state index in [-0.39, 0.29) is 5.91 Å². The predicted molar refractivity (Wildman–Crippen MR) is 122 cm³/mol. The van der Waals surface area contributed by atoms with Gasteiger partial charge in [-0.25, -0.2) is 4.79 Å². The van der Waals surface area contributed by atoms with Crippen LogP contribution in [0.5, 0.6) is 0 Å². The Morgan fingerprint density at radius 1 is 1.10 bits per heavy atom. The number of carbonyl (C=O) groups is 2. The molecule has 2 amide bonds. The average Bonchev–Trinajstić information content (AvgIpc) is 3.30. The number of likely N-dealkylation sites (N-methyl/N-ethyl adjacent to an activating group) is 1. The maximum atomic E-state index is 12.7. The number of nitrogens with one attached hydrogen (secondary N) is 2. The number of benzene rings is 1. The van der Waals surface area contributed by atoms with E-state index in [1.54, 1.807) is 6.07 Å². The lowest BCUT2D eigenvalue weighted by Gasteiger charge is -2.30. The Morgan fingerprint density at radius 3 is 2.53 bits per heavy atom. The molecule has 4 rings (SSSR count). The number of fused-ring (bicyclic) bond motifs is 1. The van der Waals surface area contributed by atoms with Crippen LogP contribution in [0.2, 0.25) is 0 Å². The Labute approximate surface area is 188 Å². The Morgan fingerprint density at radius 2 is 1.83 bits per heavy atom. The van der Waals surface area contributed by atoms with E-state index in [1.165, 1.54) is 22.5 Å². The largest absolute Gasteiger partial charge is 0.422 e. The Hall–Kier alpha value is -2.16. The lowest BCUT2D eigenvalue weighted by atomic mass is 10.0. The number of amides is 2. The molecule has 0 unspecified atom stereocenters. The Bertz CT molecular complexity index is 980. The summed E-state index contributed by atoms with van der Waals surface area (Å²) >= 11 is 4.71. The molecule has 1 aromatic carbocycles. The molecule has 0 atom stereocenters. The SMILES string of the molecule is CN1CCc2ccc(NC(=O)OC3(NC(=O)c4ccc(Br)s4)CC=CC3)cc2CC1. The van der Waals surface area contributed by atoms with Crippen LogP contribution in [0.4, 0.5) is 10.5 Å². The van der Waals surface area contributed by atoms with Crippen molar-refractivity contribution in [1.29, 1.82) is 0 Å². The fourth-order valence-electron chi connectivity index (χ4n) is 3.78. The summed E-state index contributed by atoms with van der Waals surface area (Å²) in [6, 6.07) is 9.58. The first-order chi connectivity index (χ1) is 14.4. The molecule has 6 nitrogen and oxygen atoms in total. The maximum absolute atomic E-state index is 12.7. The smallest absolute Gasteiger partial charge is 0.413 e. The minimum absolute atomic E-state index is 0.253. The third-order valence-corrected chi connectivity index (χ3v) is 7.09. The van der Waals surface area contributed by atoms with Gasteiger partial charge in [-0.15, -0.1) is 11.3 Å². The quantitative estimate of drug-likeness (QED) is 0.487. The summed E-state index contributed by atoms with van der Waals surface area (Å²) < 4.78 is 6.60.